The van der Waals surface area contributed by atoms with Crippen LogP contribution < -0.4 is 0 Å². The highest BCUT2D eigenvalue weighted by Gasteiger charge is 2.26. The molecule has 17 heavy (non-hydrogen) atoms. The lowest BCUT2D eigenvalue weighted by atomic mass is 10.1. The molecule has 1 fully saturated rings. The molecular formula is C12H24N2O3. The van der Waals surface area contributed by atoms with Crippen molar-refractivity contribution in [2.75, 3.05) is 45.9 Å². The topological polar surface area (TPSA) is 53.0 Å². The van der Waals surface area contributed by atoms with E-state index < -0.39 is 5.97 Å². The van der Waals surface area contributed by atoms with Gasteiger partial charge in [-0.05, 0) is 13.3 Å². The first-order chi connectivity index (χ1) is 8.17. The second-order valence-electron chi connectivity index (χ2n) is 4.42. The molecule has 0 aromatic carbocycles. The van der Waals surface area contributed by atoms with Gasteiger partial charge in [0.2, 0.25) is 0 Å². The average molecular weight is 244 g/mol. The second-order valence-corrected chi connectivity index (χ2v) is 4.42. The predicted molar refractivity (Wildman–Crippen MR) is 66.2 cm³/mol. The van der Waals surface area contributed by atoms with Crippen LogP contribution in [0.15, 0.2) is 0 Å². The molecule has 0 radical (unpaired) electrons. The maximum atomic E-state index is 10.7. The van der Waals surface area contributed by atoms with Gasteiger partial charge < -0.3 is 9.84 Å². The van der Waals surface area contributed by atoms with Crippen molar-refractivity contribution >= 4 is 5.97 Å². The monoisotopic (exact) mass is 244 g/mol. The summed E-state index contributed by atoms with van der Waals surface area (Å²) in [5.74, 6) is -0.734. The smallest absolute Gasteiger partial charge is 0.317 e. The van der Waals surface area contributed by atoms with Gasteiger partial charge in [-0.3, -0.25) is 14.6 Å². The number of hydrogen-bond acceptors (Lipinski definition) is 4. The van der Waals surface area contributed by atoms with Crippen LogP contribution in [0.4, 0.5) is 0 Å². The van der Waals surface area contributed by atoms with Crippen molar-refractivity contribution in [1.29, 1.82) is 0 Å². The van der Waals surface area contributed by atoms with Gasteiger partial charge in [-0.2, -0.15) is 0 Å². The number of rotatable bonds is 7. The van der Waals surface area contributed by atoms with Crippen molar-refractivity contribution in [2.24, 2.45) is 0 Å². The Morgan fingerprint density at radius 3 is 2.76 bits per heavy atom. The molecule has 0 saturated carbocycles. The number of hydrogen-bond donors (Lipinski definition) is 1. The Bertz CT molecular complexity index is 236. The molecule has 1 heterocycles. The summed E-state index contributed by atoms with van der Waals surface area (Å²) in [5, 5.41) is 8.79. The molecule has 5 heteroatoms. The first-order valence-corrected chi connectivity index (χ1v) is 6.43. The fourth-order valence-electron chi connectivity index (χ4n) is 2.30. The minimum atomic E-state index is -0.734. The van der Waals surface area contributed by atoms with E-state index >= 15 is 0 Å². The van der Waals surface area contributed by atoms with Crippen LogP contribution in [0, 0.1) is 0 Å². The molecule has 1 aliphatic heterocycles. The van der Waals surface area contributed by atoms with E-state index in [1.54, 1.807) is 0 Å². The summed E-state index contributed by atoms with van der Waals surface area (Å²) in [7, 11) is 0. The zero-order chi connectivity index (χ0) is 12.7. The minimum Gasteiger partial charge on any atom is -0.480 e. The lowest BCUT2D eigenvalue weighted by molar-refractivity contribution is -0.139. The lowest BCUT2D eigenvalue weighted by Gasteiger charge is -2.40. The van der Waals surface area contributed by atoms with Gasteiger partial charge in [-0.1, -0.05) is 6.92 Å². The molecule has 100 valence electrons. The van der Waals surface area contributed by atoms with Crippen molar-refractivity contribution in [3.8, 4) is 0 Å². The molecule has 0 aromatic heterocycles. The van der Waals surface area contributed by atoms with Crippen LogP contribution in [0.5, 0.6) is 0 Å². The Labute approximate surface area is 103 Å². The molecule has 1 N–H and O–H groups in total. The number of aliphatic carboxylic acids is 1. The minimum absolute atomic E-state index is 0.163. The number of ether oxygens (including phenoxy) is 1. The quantitative estimate of drug-likeness (QED) is 0.661. The van der Waals surface area contributed by atoms with Crippen LogP contribution in [0.1, 0.15) is 20.3 Å². The number of piperazine rings is 1. The SMILES string of the molecule is CCOCCN1CCN(CC(=O)O)CC1CC. The molecule has 1 unspecified atom stereocenters. The van der Waals surface area contributed by atoms with Crippen molar-refractivity contribution in [2.45, 2.75) is 26.3 Å². The van der Waals surface area contributed by atoms with E-state index in [0.29, 0.717) is 6.04 Å². The molecule has 0 spiro atoms. The van der Waals surface area contributed by atoms with Crippen molar-refractivity contribution in [3.05, 3.63) is 0 Å². The molecule has 1 saturated heterocycles. The van der Waals surface area contributed by atoms with Gasteiger partial charge in [0.15, 0.2) is 0 Å². The zero-order valence-corrected chi connectivity index (χ0v) is 10.9. The second kappa shape index (κ2) is 7.63. The first kappa shape index (κ1) is 14.4. The number of nitrogens with zero attached hydrogens (tertiary/aromatic N) is 2. The van der Waals surface area contributed by atoms with E-state index in [0.717, 1.165) is 45.8 Å². The van der Waals surface area contributed by atoms with E-state index in [1.165, 1.54) is 0 Å². The molecule has 5 nitrogen and oxygen atoms in total. The van der Waals surface area contributed by atoms with Gasteiger partial charge in [0.1, 0.15) is 0 Å². The first-order valence-electron chi connectivity index (χ1n) is 6.43. The zero-order valence-electron chi connectivity index (χ0n) is 10.9. The normalized spacial score (nSPS) is 22.8. The highest BCUT2D eigenvalue weighted by atomic mass is 16.5. The van der Waals surface area contributed by atoms with Gasteiger partial charge in [0.05, 0.1) is 13.2 Å². The molecule has 1 aliphatic rings. The number of carbonyl (C=O) groups is 1. The van der Waals surface area contributed by atoms with E-state index in [4.69, 9.17) is 9.84 Å². The highest BCUT2D eigenvalue weighted by molar-refractivity contribution is 5.69. The van der Waals surface area contributed by atoms with Gasteiger partial charge in [-0.25, -0.2) is 0 Å². The third-order valence-corrected chi connectivity index (χ3v) is 3.25. The van der Waals surface area contributed by atoms with Crippen LogP contribution >= 0.6 is 0 Å². The van der Waals surface area contributed by atoms with Crippen LogP contribution in [0.2, 0.25) is 0 Å². The molecule has 1 atom stereocenters. The van der Waals surface area contributed by atoms with Crippen LogP contribution in [-0.4, -0.2) is 72.9 Å². The third kappa shape index (κ3) is 5.02. The van der Waals surface area contributed by atoms with Gasteiger partial charge in [-0.15, -0.1) is 0 Å². The number of carboxylic acid groups (broad SMARTS) is 1. The van der Waals surface area contributed by atoms with E-state index in [1.807, 2.05) is 11.8 Å². The summed E-state index contributed by atoms with van der Waals surface area (Å²) in [6.07, 6.45) is 1.06. The molecule has 0 aromatic rings. The summed E-state index contributed by atoms with van der Waals surface area (Å²) in [6, 6.07) is 0.462. The van der Waals surface area contributed by atoms with Crippen LogP contribution in [0.3, 0.4) is 0 Å². The van der Waals surface area contributed by atoms with Crippen molar-refractivity contribution in [1.82, 2.24) is 9.80 Å². The van der Waals surface area contributed by atoms with Gasteiger partial charge in [0, 0.05) is 38.8 Å². The van der Waals surface area contributed by atoms with E-state index in [9.17, 15) is 4.79 Å². The van der Waals surface area contributed by atoms with Crippen LogP contribution in [-0.2, 0) is 9.53 Å². The molecule has 0 bridgehead atoms. The summed E-state index contributed by atoms with van der Waals surface area (Å²) < 4.78 is 5.37. The Morgan fingerprint density at radius 1 is 1.41 bits per heavy atom. The molecule has 0 aliphatic carbocycles. The Kier molecular flexibility index (Phi) is 6.47. The Morgan fingerprint density at radius 2 is 2.18 bits per heavy atom. The van der Waals surface area contributed by atoms with Gasteiger partial charge in [0.25, 0.3) is 0 Å². The standard InChI is InChI=1S/C12H24N2O3/c1-3-11-9-13(10-12(15)16)5-6-14(11)7-8-17-4-2/h11H,3-10H2,1-2H3,(H,15,16). The maximum absolute atomic E-state index is 10.7. The van der Waals surface area contributed by atoms with E-state index in [2.05, 4.69) is 11.8 Å². The Balaban J connectivity index is 2.35. The average Bonchev–Trinajstić information content (AvgIpc) is 2.30. The fourth-order valence-corrected chi connectivity index (χ4v) is 2.30. The lowest BCUT2D eigenvalue weighted by Crippen LogP contribution is -2.54. The summed E-state index contributed by atoms with van der Waals surface area (Å²) in [6.45, 7) is 9.44. The summed E-state index contributed by atoms with van der Waals surface area (Å²) in [4.78, 5) is 15.1. The number of carboxylic acids is 1. The van der Waals surface area contributed by atoms with Crippen molar-refractivity contribution < 1.29 is 14.6 Å². The molecular weight excluding hydrogens is 220 g/mol. The van der Waals surface area contributed by atoms with E-state index in [-0.39, 0.29) is 6.54 Å². The predicted octanol–water partition coefficient (Wildman–Crippen LogP) is 0.504. The maximum Gasteiger partial charge on any atom is 0.317 e. The largest absolute Gasteiger partial charge is 0.480 e. The highest BCUT2D eigenvalue weighted by Crippen LogP contribution is 2.12. The summed E-state index contributed by atoms with van der Waals surface area (Å²) >= 11 is 0. The molecule has 1 rings (SSSR count). The van der Waals surface area contributed by atoms with Crippen molar-refractivity contribution in [3.63, 3.8) is 0 Å². The third-order valence-electron chi connectivity index (χ3n) is 3.25. The van der Waals surface area contributed by atoms with Gasteiger partial charge >= 0.3 is 5.97 Å². The van der Waals surface area contributed by atoms with Crippen LogP contribution in [0.25, 0.3) is 0 Å². The molecule has 0 amide bonds. The Hall–Kier alpha value is -0.650. The fraction of sp³-hybridized carbons (Fsp3) is 0.917. The summed E-state index contributed by atoms with van der Waals surface area (Å²) in [5.41, 5.74) is 0.